The minimum Gasteiger partial charge on any atom is -0.488 e. The Bertz CT molecular complexity index is 1200. The van der Waals surface area contributed by atoms with Gasteiger partial charge in [0.2, 0.25) is 0 Å². The van der Waals surface area contributed by atoms with Crippen LogP contribution in [0.4, 0.5) is 0 Å². The van der Waals surface area contributed by atoms with Crippen LogP contribution < -0.4 is 4.74 Å². The van der Waals surface area contributed by atoms with E-state index in [0.717, 1.165) is 12.2 Å². The molecule has 2 rings (SSSR count). The summed E-state index contributed by atoms with van der Waals surface area (Å²) in [6.07, 6.45) is 8.36. The average Bonchev–Trinajstić information content (AvgIpc) is 3.39. The van der Waals surface area contributed by atoms with Crippen LogP contribution in [0.25, 0.3) is 5.57 Å². The number of hydrogen-bond donors (Lipinski definition) is 1. The van der Waals surface area contributed by atoms with Gasteiger partial charge in [-0.3, -0.25) is 0 Å². The number of aliphatic hydroxyl groups is 1. The second kappa shape index (κ2) is 16.2. The summed E-state index contributed by atoms with van der Waals surface area (Å²) in [4.78, 5) is 1.18. The molecule has 2 unspecified atom stereocenters. The van der Waals surface area contributed by atoms with Crippen LogP contribution in [0.1, 0.15) is 115 Å². The lowest BCUT2D eigenvalue weighted by atomic mass is 9.77. The molecule has 0 saturated carbocycles. The third kappa shape index (κ3) is 11.4. The molecule has 0 fully saturated rings. The van der Waals surface area contributed by atoms with Gasteiger partial charge in [-0.15, -0.1) is 11.3 Å². The molecule has 0 bridgehead atoms. The van der Waals surface area contributed by atoms with E-state index >= 15 is 0 Å². The van der Waals surface area contributed by atoms with Gasteiger partial charge >= 0.3 is 0 Å². The fourth-order valence-corrected chi connectivity index (χ4v) is 8.19. The minimum absolute atomic E-state index is 0.00991. The number of allylic oxidation sites excluding steroid dienone is 3. The van der Waals surface area contributed by atoms with E-state index in [1.165, 1.54) is 27.1 Å². The number of hydrogen-bond acceptors (Lipinski definition) is 5. The van der Waals surface area contributed by atoms with Gasteiger partial charge in [-0.05, 0) is 102 Å². The Labute approximate surface area is 271 Å². The molecular weight excluding hydrogens is 585 g/mol. The summed E-state index contributed by atoms with van der Waals surface area (Å²) in [6.45, 7) is 29.3. The van der Waals surface area contributed by atoms with E-state index in [1.54, 1.807) is 11.3 Å². The largest absolute Gasteiger partial charge is 0.488 e. The summed E-state index contributed by atoms with van der Waals surface area (Å²) >= 11 is 1.73. The van der Waals surface area contributed by atoms with Gasteiger partial charge in [-0.1, -0.05) is 86.6 Å². The summed E-state index contributed by atoms with van der Waals surface area (Å²) in [6, 6.07) is 8.77. The first kappa shape index (κ1) is 37.7. The molecule has 4 nitrogen and oxygen atoms in total. The van der Waals surface area contributed by atoms with Gasteiger partial charge in [-0.2, -0.15) is 0 Å². The minimum atomic E-state index is -1.33. The van der Waals surface area contributed by atoms with E-state index in [0.29, 0.717) is 19.4 Å². The Balaban J connectivity index is 2.42. The van der Waals surface area contributed by atoms with Gasteiger partial charge in [0.1, 0.15) is 12.4 Å². The quantitative estimate of drug-likeness (QED) is 0.155. The topological polar surface area (TPSA) is 47.9 Å². The van der Waals surface area contributed by atoms with Gasteiger partial charge in [0.25, 0.3) is 0 Å². The lowest BCUT2D eigenvalue weighted by molar-refractivity contribution is 0.0653. The van der Waals surface area contributed by atoms with Crippen LogP contribution >= 0.6 is 11.3 Å². The van der Waals surface area contributed by atoms with E-state index in [4.69, 9.17) is 13.6 Å². The number of benzene rings is 1. The first-order chi connectivity index (χ1) is 19.9. The van der Waals surface area contributed by atoms with E-state index < -0.39 is 23.7 Å². The van der Waals surface area contributed by atoms with E-state index in [1.807, 2.05) is 26.0 Å². The van der Waals surface area contributed by atoms with E-state index in [-0.39, 0.29) is 23.0 Å². The standard InChI is InChI=1S/C36H60O4SSi2/c1-14-26(18-17-21-36(37,15-2)16-3)27-22-29(41-25-27)24-38-28-19-20-30(32(34(4,5)6)39-42(10)11)31(23-28)33(35(7,8)9)40-43(12)13/h17-23,25,32-33,37,42-43H,14-16,24H2,1-13H3. The predicted molar refractivity (Wildman–Crippen MR) is 192 cm³/mol. The molecule has 0 aliphatic rings. The highest BCUT2D eigenvalue weighted by Gasteiger charge is 2.36. The fraction of sp³-hybridized carbons (Fsp3) is 0.611. The first-order valence-electron chi connectivity index (χ1n) is 16.2. The highest BCUT2D eigenvalue weighted by Crippen LogP contribution is 2.46. The lowest BCUT2D eigenvalue weighted by Crippen LogP contribution is -2.31. The molecule has 1 heterocycles. The van der Waals surface area contributed by atoms with Gasteiger partial charge < -0.3 is 18.7 Å². The molecule has 1 N–H and O–H groups in total. The van der Waals surface area contributed by atoms with Gasteiger partial charge in [0.05, 0.1) is 17.8 Å². The van der Waals surface area contributed by atoms with Crippen molar-refractivity contribution in [1.29, 1.82) is 0 Å². The summed E-state index contributed by atoms with van der Waals surface area (Å²) < 4.78 is 19.9. The Morgan fingerprint density at radius 3 is 1.91 bits per heavy atom. The van der Waals surface area contributed by atoms with Crippen molar-refractivity contribution in [3.8, 4) is 5.75 Å². The van der Waals surface area contributed by atoms with Crippen LogP contribution in [0.5, 0.6) is 5.75 Å². The molecule has 0 aliphatic heterocycles. The fourth-order valence-electron chi connectivity index (χ4n) is 5.17. The molecule has 43 heavy (non-hydrogen) atoms. The highest BCUT2D eigenvalue weighted by molar-refractivity contribution is 7.10. The van der Waals surface area contributed by atoms with Gasteiger partial charge in [0.15, 0.2) is 18.1 Å². The molecule has 0 spiro atoms. The van der Waals surface area contributed by atoms with Crippen molar-refractivity contribution in [2.24, 2.45) is 10.8 Å². The third-order valence-electron chi connectivity index (χ3n) is 7.73. The molecule has 0 aliphatic carbocycles. The Kier molecular flexibility index (Phi) is 14.2. The van der Waals surface area contributed by atoms with Crippen molar-refractivity contribution >= 4 is 35.0 Å². The molecule has 1 aromatic heterocycles. The SMILES string of the molecule is CCC(=CC=CC(O)(CC)CC)c1csc(COc2ccc(C(O[SiH](C)C)C(C)(C)C)c(C(O[SiH](C)C)C(C)(C)C)c2)c1. The summed E-state index contributed by atoms with van der Waals surface area (Å²) in [7, 11) is -2.63. The van der Waals surface area contributed by atoms with Crippen LogP contribution in [0, 0.1) is 10.8 Å². The normalized spacial score (nSPS) is 15.1. The number of ether oxygens (including phenoxy) is 1. The van der Waals surface area contributed by atoms with Crippen LogP contribution in [0.15, 0.2) is 47.9 Å². The zero-order chi connectivity index (χ0) is 32.6. The molecule has 242 valence electrons. The van der Waals surface area contributed by atoms with E-state index in [9.17, 15) is 5.11 Å². The Morgan fingerprint density at radius 2 is 1.42 bits per heavy atom. The molecule has 7 heteroatoms. The second-order valence-corrected chi connectivity index (χ2v) is 20.2. The lowest BCUT2D eigenvalue weighted by Gasteiger charge is -2.39. The molecular formula is C36H60O4SSi2. The average molecular weight is 645 g/mol. The highest BCUT2D eigenvalue weighted by atomic mass is 32.1. The third-order valence-corrected chi connectivity index (χ3v) is 10.3. The molecule has 0 saturated heterocycles. The van der Waals surface area contributed by atoms with Gasteiger partial charge in [-0.25, -0.2) is 0 Å². The Morgan fingerprint density at radius 1 is 0.860 bits per heavy atom. The van der Waals surface area contributed by atoms with E-state index in [2.05, 4.69) is 110 Å². The van der Waals surface area contributed by atoms with Crippen LogP contribution in [0.2, 0.25) is 26.2 Å². The molecule has 0 radical (unpaired) electrons. The van der Waals surface area contributed by atoms with Crippen LogP contribution in [-0.2, 0) is 15.5 Å². The van der Waals surface area contributed by atoms with Crippen molar-refractivity contribution in [2.45, 2.75) is 132 Å². The van der Waals surface area contributed by atoms with Crippen molar-refractivity contribution in [3.63, 3.8) is 0 Å². The monoisotopic (exact) mass is 644 g/mol. The second-order valence-electron chi connectivity index (χ2n) is 14.5. The summed E-state index contributed by atoms with van der Waals surface area (Å²) in [5.41, 5.74) is 4.02. The van der Waals surface area contributed by atoms with Crippen molar-refractivity contribution in [2.75, 3.05) is 0 Å². The maximum Gasteiger partial charge on any atom is 0.171 e. The number of rotatable bonds is 15. The predicted octanol–water partition coefficient (Wildman–Crippen LogP) is 10.4. The van der Waals surface area contributed by atoms with Gasteiger partial charge in [0, 0.05) is 4.88 Å². The van der Waals surface area contributed by atoms with Crippen molar-refractivity contribution in [3.05, 3.63) is 69.4 Å². The zero-order valence-electron chi connectivity index (χ0n) is 29.3. The van der Waals surface area contributed by atoms with Crippen molar-refractivity contribution < 1.29 is 18.7 Å². The summed E-state index contributed by atoms with van der Waals surface area (Å²) in [5, 5.41) is 12.8. The maximum absolute atomic E-state index is 10.6. The molecule has 2 aromatic rings. The molecule has 2 atom stereocenters. The first-order valence-corrected chi connectivity index (χ1v) is 22.6. The molecule has 0 amide bonds. The smallest absolute Gasteiger partial charge is 0.171 e. The Hall–Kier alpha value is -1.49. The van der Waals surface area contributed by atoms with Crippen molar-refractivity contribution in [1.82, 2.24) is 0 Å². The zero-order valence-corrected chi connectivity index (χ0v) is 32.5. The molecule has 1 aromatic carbocycles. The summed E-state index contributed by atoms with van der Waals surface area (Å²) in [5.74, 6) is 0.860. The van der Waals surface area contributed by atoms with Crippen LogP contribution in [-0.4, -0.2) is 28.8 Å². The number of thiophene rings is 1. The maximum atomic E-state index is 10.6. The van der Waals surface area contributed by atoms with Crippen LogP contribution in [0.3, 0.4) is 0 Å².